The highest BCUT2D eigenvalue weighted by molar-refractivity contribution is 5.99. The van der Waals surface area contributed by atoms with Crippen LogP contribution in [0, 0.1) is 0 Å². The molecule has 0 aromatic heterocycles. The van der Waals surface area contributed by atoms with Crippen molar-refractivity contribution in [2.75, 3.05) is 14.1 Å². The van der Waals surface area contributed by atoms with Crippen molar-refractivity contribution >= 4 is 5.71 Å². The zero-order valence-electron chi connectivity index (χ0n) is 7.79. The molecule has 2 nitrogen and oxygen atoms in total. The average molecular weight is 234 g/mol. The van der Waals surface area contributed by atoms with Gasteiger partial charge in [-0.3, -0.25) is 4.99 Å². The largest absolute Gasteiger partial charge is 0.432 e. The summed E-state index contributed by atoms with van der Waals surface area (Å²) in [6.45, 7) is 0. The molecule has 0 aliphatic carbocycles. The van der Waals surface area contributed by atoms with Gasteiger partial charge in [-0.05, 0) is 6.08 Å². The Bertz CT molecular complexity index is 272. The summed E-state index contributed by atoms with van der Waals surface area (Å²) in [5, 5.41) is 1.63. The van der Waals surface area contributed by atoms with Gasteiger partial charge in [-0.25, -0.2) is 0 Å². The van der Waals surface area contributed by atoms with E-state index >= 15 is 0 Å². The Balaban J connectivity index is 5.17. The van der Waals surface area contributed by atoms with E-state index in [1.807, 2.05) is 0 Å². The van der Waals surface area contributed by atoms with Crippen LogP contribution in [-0.4, -0.2) is 32.2 Å². The van der Waals surface area contributed by atoms with Gasteiger partial charge in [0.25, 0.3) is 0 Å². The Morgan fingerprint density at radius 2 is 1.53 bits per heavy atom. The van der Waals surface area contributed by atoms with Crippen molar-refractivity contribution < 1.29 is 26.3 Å². The van der Waals surface area contributed by atoms with Crippen molar-refractivity contribution in [2.45, 2.75) is 12.4 Å². The van der Waals surface area contributed by atoms with Crippen LogP contribution in [0.4, 0.5) is 26.3 Å². The second kappa shape index (κ2) is 4.54. The number of nitrogens with one attached hydrogen (secondary N) is 1. The number of rotatable bonds is 2. The third kappa shape index (κ3) is 4.22. The van der Waals surface area contributed by atoms with Crippen LogP contribution in [0.15, 0.2) is 16.8 Å². The monoisotopic (exact) mass is 234 g/mol. The summed E-state index contributed by atoms with van der Waals surface area (Å²) in [4.78, 5) is 2.74. The molecule has 8 heteroatoms. The summed E-state index contributed by atoms with van der Waals surface area (Å²) < 4.78 is 72.3. The molecule has 0 aliphatic heterocycles. The molecule has 1 N–H and O–H groups in total. The first-order valence-electron chi connectivity index (χ1n) is 3.63. The Kier molecular flexibility index (Phi) is 4.17. The molecule has 0 spiro atoms. The molecule has 0 atom stereocenters. The van der Waals surface area contributed by atoms with Gasteiger partial charge in [-0.1, -0.05) is 0 Å². The smallest absolute Gasteiger partial charge is 0.384 e. The molecule has 0 unspecified atom stereocenters. The van der Waals surface area contributed by atoms with Crippen LogP contribution >= 0.6 is 0 Å². The highest BCUT2D eigenvalue weighted by Gasteiger charge is 2.38. The molecule has 0 fully saturated rings. The minimum absolute atomic E-state index is 0.0833. The molecule has 0 aromatic rings. The van der Waals surface area contributed by atoms with E-state index in [0.29, 0.717) is 0 Å². The lowest BCUT2D eigenvalue weighted by atomic mass is 10.2. The predicted octanol–water partition coefficient (Wildman–Crippen LogP) is 2.29. The Labute approximate surface area is 81.7 Å². The summed E-state index contributed by atoms with van der Waals surface area (Å²) in [6.07, 6.45) is -9.85. The molecule has 0 aromatic carbocycles. The molecular weight excluding hydrogens is 226 g/mol. The van der Waals surface area contributed by atoms with Crippen LogP contribution in [0.3, 0.4) is 0 Å². The van der Waals surface area contributed by atoms with Crippen LogP contribution in [0.1, 0.15) is 0 Å². The molecule has 15 heavy (non-hydrogen) atoms. The average Bonchev–Trinajstić information content (AvgIpc) is 2.01. The molecule has 0 radical (unpaired) electrons. The fourth-order valence-corrected chi connectivity index (χ4v) is 0.706. The third-order valence-corrected chi connectivity index (χ3v) is 1.39. The van der Waals surface area contributed by atoms with Gasteiger partial charge < -0.3 is 5.32 Å². The van der Waals surface area contributed by atoms with Gasteiger partial charge >= 0.3 is 12.4 Å². The summed E-state index contributed by atoms with van der Waals surface area (Å²) in [6, 6.07) is 0. The van der Waals surface area contributed by atoms with Gasteiger partial charge in [0.15, 0.2) is 0 Å². The van der Waals surface area contributed by atoms with Crippen LogP contribution in [0.5, 0.6) is 0 Å². The van der Waals surface area contributed by atoms with E-state index in [4.69, 9.17) is 0 Å². The SMILES string of the molecule is CN=C(/C=C(\NC)C(F)(F)F)C(F)(F)F. The minimum Gasteiger partial charge on any atom is -0.384 e. The molecule has 0 saturated carbocycles. The number of allylic oxidation sites excluding steroid dienone is 2. The summed E-state index contributed by atoms with van der Waals surface area (Å²) in [5.74, 6) is 0. The van der Waals surface area contributed by atoms with E-state index < -0.39 is 23.8 Å². The van der Waals surface area contributed by atoms with Gasteiger partial charge in [0.05, 0.1) is 0 Å². The molecule has 0 rings (SSSR count). The number of halogens is 6. The van der Waals surface area contributed by atoms with Gasteiger partial charge in [0.1, 0.15) is 11.4 Å². The van der Waals surface area contributed by atoms with Gasteiger partial charge in [-0.2, -0.15) is 26.3 Å². The first-order valence-corrected chi connectivity index (χ1v) is 3.63. The fraction of sp³-hybridized carbons (Fsp3) is 0.571. The van der Waals surface area contributed by atoms with Crippen molar-refractivity contribution in [3.8, 4) is 0 Å². The maximum atomic E-state index is 12.1. The quantitative estimate of drug-likeness (QED) is 0.575. The number of hydrogen-bond donors (Lipinski definition) is 1. The molecule has 0 aliphatic rings. The Morgan fingerprint density at radius 3 is 1.73 bits per heavy atom. The molecule has 0 saturated heterocycles. The Morgan fingerprint density at radius 1 is 1.07 bits per heavy atom. The van der Waals surface area contributed by atoms with Crippen molar-refractivity contribution in [1.82, 2.24) is 5.32 Å². The van der Waals surface area contributed by atoms with Crippen molar-refractivity contribution in [2.24, 2.45) is 4.99 Å². The lowest BCUT2D eigenvalue weighted by Crippen LogP contribution is -2.28. The van der Waals surface area contributed by atoms with E-state index in [1.165, 1.54) is 0 Å². The number of aliphatic imine (C=N–C) groups is 1. The first-order chi connectivity index (χ1) is 6.62. The number of nitrogens with zero attached hydrogens (tertiary/aromatic N) is 1. The molecule has 0 bridgehead atoms. The highest BCUT2D eigenvalue weighted by atomic mass is 19.4. The van der Waals surface area contributed by atoms with Gasteiger partial charge in [-0.15, -0.1) is 0 Å². The molecular formula is C7H8F6N2. The standard InChI is InChI=1S/C7H8F6N2/c1-14-4(6(8,9)10)3-5(15-2)7(11,12)13/h3,14H,1-2H3/b4-3-,15-5?. The Hall–Kier alpha value is -1.21. The van der Waals surface area contributed by atoms with Gasteiger partial charge in [0, 0.05) is 14.1 Å². The zero-order valence-corrected chi connectivity index (χ0v) is 7.79. The maximum absolute atomic E-state index is 12.1. The fourth-order valence-electron chi connectivity index (χ4n) is 0.706. The highest BCUT2D eigenvalue weighted by Crippen LogP contribution is 2.26. The minimum atomic E-state index is -4.90. The van der Waals surface area contributed by atoms with Crippen LogP contribution in [0.25, 0.3) is 0 Å². The predicted molar refractivity (Wildman–Crippen MR) is 42.6 cm³/mol. The lowest BCUT2D eigenvalue weighted by molar-refractivity contribution is -0.0962. The summed E-state index contributed by atoms with van der Waals surface area (Å²) >= 11 is 0. The summed E-state index contributed by atoms with van der Waals surface area (Å²) in [5.41, 5.74) is -3.09. The van der Waals surface area contributed by atoms with E-state index in [9.17, 15) is 26.3 Å². The van der Waals surface area contributed by atoms with E-state index in [1.54, 1.807) is 5.32 Å². The third-order valence-electron chi connectivity index (χ3n) is 1.39. The van der Waals surface area contributed by atoms with E-state index in [2.05, 4.69) is 4.99 Å². The first kappa shape index (κ1) is 13.8. The second-order valence-electron chi connectivity index (χ2n) is 2.41. The number of alkyl halides is 6. The lowest BCUT2D eigenvalue weighted by Gasteiger charge is -2.12. The maximum Gasteiger partial charge on any atom is 0.432 e. The van der Waals surface area contributed by atoms with Crippen molar-refractivity contribution in [1.29, 1.82) is 0 Å². The van der Waals surface area contributed by atoms with Crippen molar-refractivity contribution in [3.05, 3.63) is 11.8 Å². The van der Waals surface area contributed by atoms with Crippen LogP contribution in [0.2, 0.25) is 0 Å². The molecule has 0 heterocycles. The molecule has 0 amide bonds. The summed E-state index contributed by atoms with van der Waals surface area (Å²) in [7, 11) is 1.64. The number of hydrogen-bond acceptors (Lipinski definition) is 2. The van der Waals surface area contributed by atoms with E-state index in [-0.39, 0.29) is 6.08 Å². The van der Waals surface area contributed by atoms with E-state index in [0.717, 1.165) is 14.1 Å². The second-order valence-corrected chi connectivity index (χ2v) is 2.41. The van der Waals surface area contributed by atoms with Crippen LogP contribution in [-0.2, 0) is 0 Å². The van der Waals surface area contributed by atoms with Gasteiger partial charge in [0.2, 0.25) is 0 Å². The van der Waals surface area contributed by atoms with Crippen molar-refractivity contribution in [3.63, 3.8) is 0 Å². The normalized spacial score (nSPS) is 15.5. The topological polar surface area (TPSA) is 24.4 Å². The van der Waals surface area contributed by atoms with Crippen LogP contribution < -0.4 is 5.32 Å². The zero-order chi connectivity index (χ0) is 12.3. The molecule has 88 valence electrons.